The molecule has 0 radical (unpaired) electrons. The number of rotatable bonds is 8. The molecule has 0 saturated carbocycles. The Bertz CT molecular complexity index is 390. The molecular formula is C16H25NO2. The molecular weight excluding hydrogens is 238 g/mol. The predicted octanol–water partition coefficient (Wildman–Crippen LogP) is 3.21. The number of ether oxygens (including phenoxy) is 1. The minimum atomic E-state index is -0.0985. The Morgan fingerprint density at radius 3 is 2.68 bits per heavy atom. The van der Waals surface area contributed by atoms with Crippen LogP contribution in [0.2, 0.25) is 0 Å². The predicted molar refractivity (Wildman–Crippen MR) is 78.0 cm³/mol. The van der Waals surface area contributed by atoms with Crippen molar-refractivity contribution in [1.29, 1.82) is 0 Å². The van der Waals surface area contributed by atoms with E-state index in [0.29, 0.717) is 13.0 Å². The number of carbonyl (C=O) groups is 1. The monoisotopic (exact) mass is 263 g/mol. The highest BCUT2D eigenvalue weighted by molar-refractivity contribution is 5.69. The zero-order valence-electron chi connectivity index (χ0n) is 12.2. The van der Waals surface area contributed by atoms with E-state index in [9.17, 15) is 4.79 Å². The van der Waals surface area contributed by atoms with Gasteiger partial charge in [-0.2, -0.15) is 0 Å². The maximum absolute atomic E-state index is 11.3. The van der Waals surface area contributed by atoms with Gasteiger partial charge in [-0.3, -0.25) is 4.79 Å². The molecule has 0 aliphatic heterocycles. The molecule has 1 rings (SSSR count). The number of carbonyl (C=O) groups excluding carboxylic acids is 1. The van der Waals surface area contributed by atoms with Gasteiger partial charge in [0.1, 0.15) is 6.61 Å². The largest absolute Gasteiger partial charge is 0.464 e. The average Bonchev–Trinajstić information content (AvgIpc) is 2.41. The first kappa shape index (κ1) is 15.7. The molecule has 0 aliphatic carbocycles. The summed E-state index contributed by atoms with van der Waals surface area (Å²) in [5.41, 5.74) is 2.58. The van der Waals surface area contributed by atoms with Gasteiger partial charge < -0.3 is 10.1 Å². The van der Waals surface area contributed by atoms with Crippen molar-refractivity contribution in [2.24, 2.45) is 0 Å². The number of esters is 1. The standard InChI is InChI=1S/C16H25NO2/c1-4-8-16(18)19-12-15(5-2)17-11-14-10-7-6-9-13(14)3/h6-7,9-10,15,17H,4-5,8,11-12H2,1-3H3. The van der Waals surface area contributed by atoms with Crippen molar-refractivity contribution in [1.82, 2.24) is 5.32 Å². The highest BCUT2D eigenvalue weighted by Crippen LogP contribution is 2.07. The Hall–Kier alpha value is -1.35. The van der Waals surface area contributed by atoms with Gasteiger partial charge in [-0.25, -0.2) is 0 Å². The van der Waals surface area contributed by atoms with Crippen LogP contribution in [0.1, 0.15) is 44.2 Å². The third-order valence-electron chi connectivity index (χ3n) is 3.23. The molecule has 0 amide bonds. The molecule has 0 aliphatic rings. The van der Waals surface area contributed by atoms with Crippen molar-refractivity contribution in [3.8, 4) is 0 Å². The first-order valence-corrected chi connectivity index (χ1v) is 7.10. The lowest BCUT2D eigenvalue weighted by atomic mass is 10.1. The van der Waals surface area contributed by atoms with Gasteiger partial charge in [0.25, 0.3) is 0 Å². The van der Waals surface area contributed by atoms with E-state index in [0.717, 1.165) is 19.4 Å². The fraction of sp³-hybridized carbons (Fsp3) is 0.562. The van der Waals surface area contributed by atoms with Crippen molar-refractivity contribution in [2.75, 3.05) is 6.61 Å². The Labute approximate surface area is 116 Å². The van der Waals surface area contributed by atoms with Gasteiger partial charge in [-0.15, -0.1) is 0 Å². The van der Waals surface area contributed by atoms with Crippen molar-refractivity contribution in [3.63, 3.8) is 0 Å². The number of aryl methyl sites for hydroxylation is 1. The molecule has 1 aromatic carbocycles. The second-order valence-electron chi connectivity index (χ2n) is 4.85. The van der Waals surface area contributed by atoms with E-state index in [1.807, 2.05) is 19.1 Å². The highest BCUT2D eigenvalue weighted by Gasteiger charge is 2.09. The molecule has 3 nitrogen and oxygen atoms in total. The molecule has 1 aromatic rings. The van der Waals surface area contributed by atoms with E-state index in [-0.39, 0.29) is 12.0 Å². The van der Waals surface area contributed by atoms with E-state index in [1.54, 1.807) is 0 Å². The molecule has 19 heavy (non-hydrogen) atoms. The number of hydrogen-bond acceptors (Lipinski definition) is 3. The average molecular weight is 263 g/mol. The molecule has 1 unspecified atom stereocenters. The minimum absolute atomic E-state index is 0.0985. The maximum atomic E-state index is 11.3. The number of benzene rings is 1. The molecule has 0 spiro atoms. The first-order chi connectivity index (χ1) is 9.17. The third kappa shape index (κ3) is 5.88. The van der Waals surface area contributed by atoms with Crippen molar-refractivity contribution in [2.45, 2.75) is 52.6 Å². The van der Waals surface area contributed by atoms with Crippen molar-refractivity contribution >= 4 is 5.97 Å². The van der Waals surface area contributed by atoms with Gasteiger partial charge in [-0.05, 0) is 30.9 Å². The molecule has 0 aromatic heterocycles. The van der Waals surface area contributed by atoms with Crippen LogP contribution in [0.25, 0.3) is 0 Å². The van der Waals surface area contributed by atoms with E-state index >= 15 is 0 Å². The van der Waals surface area contributed by atoms with Crippen LogP contribution in [-0.2, 0) is 16.1 Å². The summed E-state index contributed by atoms with van der Waals surface area (Å²) in [7, 11) is 0. The van der Waals surface area contributed by atoms with Gasteiger partial charge in [0.15, 0.2) is 0 Å². The summed E-state index contributed by atoms with van der Waals surface area (Å²) in [5.74, 6) is -0.0985. The van der Waals surface area contributed by atoms with E-state index in [4.69, 9.17) is 4.74 Å². The summed E-state index contributed by atoms with van der Waals surface area (Å²) < 4.78 is 5.25. The van der Waals surface area contributed by atoms with Crippen molar-refractivity contribution in [3.05, 3.63) is 35.4 Å². The molecule has 106 valence electrons. The molecule has 0 bridgehead atoms. The van der Waals surface area contributed by atoms with Gasteiger partial charge in [0.2, 0.25) is 0 Å². The fourth-order valence-corrected chi connectivity index (χ4v) is 1.85. The van der Waals surface area contributed by atoms with Crippen LogP contribution in [0, 0.1) is 6.92 Å². The Morgan fingerprint density at radius 1 is 1.32 bits per heavy atom. The molecule has 3 heteroatoms. The minimum Gasteiger partial charge on any atom is -0.464 e. The van der Waals surface area contributed by atoms with Crippen LogP contribution >= 0.6 is 0 Å². The first-order valence-electron chi connectivity index (χ1n) is 7.10. The maximum Gasteiger partial charge on any atom is 0.305 e. The molecule has 1 atom stereocenters. The van der Waals surface area contributed by atoms with Crippen LogP contribution < -0.4 is 5.32 Å². The zero-order chi connectivity index (χ0) is 14.1. The normalized spacial score (nSPS) is 12.2. The van der Waals surface area contributed by atoms with Gasteiger partial charge >= 0.3 is 5.97 Å². The zero-order valence-corrected chi connectivity index (χ0v) is 12.2. The molecule has 0 fully saturated rings. The van der Waals surface area contributed by atoms with E-state index < -0.39 is 0 Å². The van der Waals surface area contributed by atoms with Gasteiger partial charge in [0.05, 0.1) is 0 Å². The van der Waals surface area contributed by atoms with Crippen LogP contribution in [0.15, 0.2) is 24.3 Å². The summed E-state index contributed by atoms with van der Waals surface area (Å²) in [5, 5.41) is 3.45. The smallest absolute Gasteiger partial charge is 0.305 e. The Morgan fingerprint density at radius 2 is 2.05 bits per heavy atom. The van der Waals surface area contributed by atoms with Crippen LogP contribution in [0.5, 0.6) is 0 Å². The Kier molecular flexibility index (Phi) is 7.19. The van der Waals surface area contributed by atoms with Crippen LogP contribution in [0.3, 0.4) is 0 Å². The quantitative estimate of drug-likeness (QED) is 0.732. The van der Waals surface area contributed by atoms with Gasteiger partial charge in [0, 0.05) is 19.0 Å². The third-order valence-corrected chi connectivity index (χ3v) is 3.23. The Balaban J connectivity index is 2.36. The fourth-order valence-electron chi connectivity index (χ4n) is 1.85. The second kappa shape index (κ2) is 8.70. The topological polar surface area (TPSA) is 38.3 Å². The van der Waals surface area contributed by atoms with E-state index in [1.165, 1.54) is 11.1 Å². The van der Waals surface area contributed by atoms with Crippen LogP contribution in [0.4, 0.5) is 0 Å². The second-order valence-corrected chi connectivity index (χ2v) is 4.85. The van der Waals surface area contributed by atoms with E-state index in [2.05, 4.69) is 31.3 Å². The highest BCUT2D eigenvalue weighted by atomic mass is 16.5. The number of nitrogens with one attached hydrogen (secondary N) is 1. The lowest BCUT2D eigenvalue weighted by molar-refractivity contribution is -0.144. The summed E-state index contributed by atoms with van der Waals surface area (Å²) >= 11 is 0. The van der Waals surface area contributed by atoms with Gasteiger partial charge in [-0.1, -0.05) is 38.1 Å². The summed E-state index contributed by atoms with van der Waals surface area (Å²) in [6.45, 7) is 7.47. The lowest BCUT2D eigenvalue weighted by Crippen LogP contribution is -2.33. The molecule has 0 saturated heterocycles. The van der Waals surface area contributed by atoms with Crippen LogP contribution in [-0.4, -0.2) is 18.6 Å². The summed E-state index contributed by atoms with van der Waals surface area (Å²) in [4.78, 5) is 11.3. The molecule has 1 N–H and O–H groups in total. The SMILES string of the molecule is CCCC(=O)OCC(CC)NCc1ccccc1C. The summed E-state index contributed by atoms with van der Waals surface area (Å²) in [6, 6.07) is 8.55. The number of hydrogen-bond donors (Lipinski definition) is 1. The van der Waals surface area contributed by atoms with Crippen molar-refractivity contribution < 1.29 is 9.53 Å². The summed E-state index contributed by atoms with van der Waals surface area (Å²) in [6.07, 6.45) is 2.30. The lowest BCUT2D eigenvalue weighted by Gasteiger charge is -2.17. The molecule has 0 heterocycles.